The van der Waals surface area contributed by atoms with E-state index in [1.54, 1.807) is 0 Å². The minimum absolute atomic E-state index is 0.137. The SMILES string of the molecule is CN=C(NCc1nnc2n1CCCC2)NCC1CCCOC1c1ccc(C)cc1. The Morgan fingerprint density at radius 1 is 1.17 bits per heavy atom. The molecule has 1 saturated heterocycles. The van der Waals surface area contributed by atoms with E-state index in [4.69, 9.17) is 4.74 Å². The zero-order valence-corrected chi connectivity index (χ0v) is 17.5. The summed E-state index contributed by atoms with van der Waals surface area (Å²) in [6.45, 7) is 5.43. The summed E-state index contributed by atoms with van der Waals surface area (Å²) in [4.78, 5) is 4.39. The van der Waals surface area contributed by atoms with Gasteiger partial charge in [0.1, 0.15) is 5.82 Å². The van der Waals surface area contributed by atoms with Crippen LogP contribution in [-0.2, 0) is 24.2 Å². The number of hydrogen-bond donors (Lipinski definition) is 2. The van der Waals surface area contributed by atoms with E-state index in [9.17, 15) is 0 Å². The van der Waals surface area contributed by atoms with Crippen molar-refractivity contribution in [2.75, 3.05) is 20.2 Å². The molecule has 0 aliphatic carbocycles. The monoisotopic (exact) mass is 396 g/mol. The van der Waals surface area contributed by atoms with Gasteiger partial charge in [-0.3, -0.25) is 4.99 Å². The molecule has 0 saturated carbocycles. The zero-order valence-electron chi connectivity index (χ0n) is 17.5. The van der Waals surface area contributed by atoms with E-state index in [-0.39, 0.29) is 6.10 Å². The first-order valence-electron chi connectivity index (χ1n) is 10.8. The molecule has 4 rings (SSSR count). The van der Waals surface area contributed by atoms with Crippen LogP contribution in [0.4, 0.5) is 0 Å². The molecule has 2 aromatic rings. The van der Waals surface area contributed by atoms with Gasteiger partial charge in [0.05, 0.1) is 12.6 Å². The molecule has 2 aliphatic heterocycles. The highest BCUT2D eigenvalue weighted by atomic mass is 16.5. The maximum Gasteiger partial charge on any atom is 0.191 e. The first kappa shape index (κ1) is 19.9. The first-order chi connectivity index (χ1) is 14.2. The second kappa shape index (κ2) is 9.39. The van der Waals surface area contributed by atoms with Crippen molar-refractivity contribution in [2.45, 2.75) is 58.2 Å². The number of fused-ring (bicyclic) bond motifs is 1. The summed E-state index contributed by atoms with van der Waals surface area (Å²) in [6.07, 6.45) is 5.83. The van der Waals surface area contributed by atoms with E-state index < -0.39 is 0 Å². The van der Waals surface area contributed by atoms with Gasteiger partial charge in [0, 0.05) is 39.1 Å². The topological polar surface area (TPSA) is 76.4 Å². The summed E-state index contributed by atoms with van der Waals surface area (Å²) >= 11 is 0. The minimum Gasteiger partial charge on any atom is -0.373 e. The third-order valence-corrected chi connectivity index (χ3v) is 5.96. The van der Waals surface area contributed by atoms with Crippen LogP contribution in [0, 0.1) is 12.8 Å². The van der Waals surface area contributed by atoms with Crippen molar-refractivity contribution in [1.82, 2.24) is 25.4 Å². The molecule has 1 aromatic carbocycles. The summed E-state index contributed by atoms with van der Waals surface area (Å²) in [5, 5.41) is 15.6. The quantitative estimate of drug-likeness (QED) is 0.600. The van der Waals surface area contributed by atoms with Crippen molar-refractivity contribution in [3.8, 4) is 0 Å². The highest BCUT2D eigenvalue weighted by molar-refractivity contribution is 5.79. The van der Waals surface area contributed by atoms with Crippen LogP contribution in [0.2, 0.25) is 0 Å². The molecule has 29 heavy (non-hydrogen) atoms. The number of benzene rings is 1. The highest BCUT2D eigenvalue weighted by Crippen LogP contribution is 2.33. The number of aromatic nitrogens is 3. The van der Waals surface area contributed by atoms with Crippen LogP contribution < -0.4 is 10.6 Å². The summed E-state index contributed by atoms with van der Waals surface area (Å²) in [5.41, 5.74) is 2.54. The number of guanidine groups is 1. The molecule has 1 aromatic heterocycles. The Bertz CT molecular complexity index is 828. The molecule has 0 amide bonds. The Hall–Kier alpha value is -2.41. The van der Waals surface area contributed by atoms with Crippen molar-refractivity contribution < 1.29 is 4.74 Å². The molecule has 3 heterocycles. The van der Waals surface area contributed by atoms with E-state index >= 15 is 0 Å². The molecule has 0 radical (unpaired) electrons. The number of rotatable bonds is 5. The lowest BCUT2D eigenvalue weighted by Gasteiger charge is -2.32. The maximum absolute atomic E-state index is 6.14. The van der Waals surface area contributed by atoms with Gasteiger partial charge in [-0.2, -0.15) is 0 Å². The predicted octanol–water partition coefficient (Wildman–Crippen LogP) is 2.76. The van der Waals surface area contributed by atoms with Gasteiger partial charge in [-0.05, 0) is 38.2 Å². The largest absolute Gasteiger partial charge is 0.373 e. The van der Waals surface area contributed by atoms with E-state index in [1.807, 2.05) is 7.05 Å². The fraction of sp³-hybridized carbons (Fsp3) is 0.591. The molecule has 2 aliphatic rings. The smallest absolute Gasteiger partial charge is 0.191 e. The number of nitrogens with one attached hydrogen (secondary N) is 2. The van der Waals surface area contributed by atoms with Crippen LogP contribution in [0.5, 0.6) is 0 Å². The lowest BCUT2D eigenvalue weighted by molar-refractivity contribution is -0.0265. The van der Waals surface area contributed by atoms with Crippen LogP contribution in [0.15, 0.2) is 29.3 Å². The minimum atomic E-state index is 0.137. The number of ether oxygens (including phenoxy) is 1. The average Bonchev–Trinajstić information content (AvgIpc) is 3.18. The molecular formula is C22H32N6O. The van der Waals surface area contributed by atoms with E-state index in [1.165, 1.54) is 24.0 Å². The molecule has 2 N–H and O–H groups in total. The molecule has 1 fully saturated rings. The summed E-state index contributed by atoms with van der Waals surface area (Å²) < 4.78 is 8.38. The van der Waals surface area contributed by atoms with Gasteiger partial charge in [0.15, 0.2) is 11.8 Å². The van der Waals surface area contributed by atoms with Crippen molar-refractivity contribution in [2.24, 2.45) is 10.9 Å². The van der Waals surface area contributed by atoms with Gasteiger partial charge < -0.3 is 19.9 Å². The molecule has 7 nitrogen and oxygen atoms in total. The Balaban J connectivity index is 1.33. The van der Waals surface area contributed by atoms with Crippen LogP contribution in [-0.4, -0.2) is 40.9 Å². The van der Waals surface area contributed by atoms with Crippen LogP contribution >= 0.6 is 0 Å². The first-order valence-corrected chi connectivity index (χ1v) is 10.8. The van der Waals surface area contributed by atoms with Crippen molar-refractivity contribution in [3.05, 3.63) is 47.0 Å². The zero-order chi connectivity index (χ0) is 20.1. The lowest BCUT2D eigenvalue weighted by Crippen LogP contribution is -2.42. The maximum atomic E-state index is 6.14. The Kier molecular flexibility index (Phi) is 6.44. The van der Waals surface area contributed by atoms with E-state index in [0.29, 0.717) is 12.5 Å². The fourth-order valence-electron chi connectivity index (χ4n) is 4.29. The third-order valence-electron chi connectivity index (χ3n) is 5.96. The number of hydrogen-bond acceptors (Lipinski definition) is 4. The molecule has 2 unspecified atom stereocenters. The van der Waals surface area contributed by atoms with Gasteiger partial charge in [-0.15, -0.1) is 10.2 Å². The molecule has 2 atom stereocenters. The third kappa shape index (κ3) is 4.78. The standard InChI is InChI=1S/C22H32N6O/c1-16-8-10-17(11-9-16)21-18(6-5-13-29-21)14-24-22(23-2)25-15-20-27-26-19-7-3-4-12-28(19)20/h8-11,18,21H,3-7,12-15H2,1-2H3,(H2,23,24,25). The van der Waals surface area contributed by atoms with Gasteiger partial charge in [-0.25, -0.2) is 0 Å². The molecule has 0 bridgehead atoms. The Morgan fingerprint density at radius 3 is 2.86 bits per heavy atom. The normalized spacial score (nSPS) is 22.2. The van der Waals surface area contributed by atoms with Gasteiger partial charge >= 0.3 is 0 Å². The second-order valence-electron chi connectivity index (χ2n) is 8.05. The molecule has 0 spiro atoms. The van der Waals surface area contributed by atoms with Gasteiger partial charge in [-0.1, -0.05) is 29.8 Å². The number of nitrogens with zero attached hydrogens (tertiary/aromatic N) is 4. The van der Waals surface area contributed by atoms with Gasteiger partial charge in [0.2, 0.25) is 0 Å². The number of aliphatic imine (C=N–C) groups is 1. The number of aryl methyl sites for hydroxylation is 2. The molecule has 156 valence electrons. The fourth-order valence-corrected chi connectivity index (χ4v) is 4.29. The highest BCUT2D eigenvalue weighted by Gasteiger charge is 2.27. The average molecular weight is 397 g/mol. The van der Waals surface area contributed by atoms with Crippen molar-refractivity contribution in [1.29, 1.82) is 0 Å². The van der Waals surface area contributed by atoms with E-state index in [0.717, 1.165) is 56.6 Å². The molecular weight excluding hydrogens is 364 g/mol. The van der Waals surface area contributed by atoms with Crippen LogP contribution in [0.1, 0.15) is 54.6 Å². The summed E-state index contributed by atoms with van der Waals surface area (Å²) in [6, 6.07) is 8.72. The second-order valence-corrected chi connectivity index (χ2v) is 8.05. The van der Waals surface area contributed by atoms with Crippen LogP contribution in [0.3, 0.4) is 0 Å². The lowest BCUT2D eigenvalue weighted by atomic mass is 9.89. The summed E-state index contributed by atoms with van der Waals surface area (Å²) in [7, 11) is 1.81. The predicted molar refractivity (Wildman–Crippen MR) is 114 cm³/mol. The Morgan fingerprint density at radius 2 is 2.03 bits per heavy atom. The molecule has 7 heteroatoms. The van der Waals surface area contributed by atoms with Crippen LogP contribution in [0.25, 0.3) is 0 Å². The van der Waals surface area contributed by atoms with Crippen molar-refractivity contribution in [3.63, 3.8) is 0 Å². The van der Waals surface area contributed by atoms with Gasteiger partial charge in [0.25, 0.3) is 0 Å². The van der Waals surface area contributed by atoms with E-state index in [2.05, 4.69) is 61.6 Å². The Labute approximate surface area is 173 Å². The summed E-state index contributed by atoms with van der Waals surface area (Å²) in [5.74, 6) is 3.31. The van der Waals surface area contributed by atoms with Crippen molar-refractivity contribution >= 4 is 5.96 Å².